The first-order valence-corrected chi connectivity index (χ1v) is 7.66. The molecule has 0 aliphatic carbocycles. The molecule has 0 saturated carbocycles. The van der Waals surface area contributed by atoms with E-state index >= 15 is 0 Å². The highest BCUT2D eigenvalue weighted by atomic mass is 19.1. The lowest BCUT2D eigenvalue weighted by atomic mass is 10.2. The Morgan fingerprint density at radius 3 is 2.96 bits per heavy atom. The van der Waals surface area contributed by atoms with Crippen LogP contribution in [0.5, 0.6) is 0 Å². The van der Waals surface area contributed by atoms with Crippen molar-refractivity contribution in [1.82, 2.24) is 19.9 Å². The number of nitrogens with zero attached hydrogens (tertiary/aromatic N) is 4. The topological polar surface area (TPSA) is 60.2 Å². The lowest BCUT2D eigenvalue weighted by Crippen LogP contribution is -2.37. The summed E-state index contributed by atoms with van der Waals surface area (Å²) in [4.78, 5) is 14.6. The van der Waals surface area contributed by atoms with Gasteiger partial charge in [-0.05, 0) is 38.5 Å². The van der Waals surface area contributed by atoms with E-state index in [-0.39, 0.29) is 23.9 Å². The predicted octanol–water partition coefficient (Wildman–Crippen LogP) is 2.05. The molecule has 0 radical (unpaired) electrons. The molecule has 1 aliphatic rings. The zero-order chi connectivity index (χ0) is 16.4. The van der Waals surface area contributed by atoms with E-state index in [4.69, 9.17) is 4.74 Å². The Morgan fingerprint density at radius 2 is 2.17 bits per heavy atom. The number of benzene rings is 1. The summed E-state index contributed by atoms with van der Waals surface area (Å²) in [6.07, 6.45) is 2.27. The normalized spacial score (nSPS) is 22.0. The zero-order valence-electron chi connectivity index (χ0n) is 13.1. The van der Waals surface area contributed by atoms with Crippen LogP contribution in [0, 0.1) is 5.82 Å². The molecule has 1 fully saturated rings. The molecule has 2 atom stereocenters. The van der Waals surface area contributed by atoms with Crippen molar-refractivity contribution in [3.05, 3.63) is 42.0 Å². The first-order valence-electron chi connectivity index (χ1n) is 7.66. The second-order valence-electron chi connectivity index (χ2n) is 5.81. The summed E-state index contributed by atoms with van der Waals surface area (Å²) < 4.78 is 20.5. The average Bonchev–Trinajstić information content (AvgIpc) is 2.93. The largest absolute Gasteiger partial charge is 0.374 e. The Kier molecular flexibility index (Phi) is 4.38. The number of carbonyl (C=O) groups is 1. The fourth-order valence-electron chi connectivity index (χ4n) is 2.77. The summed E-state index contributed by atoms with van der Waals surface area (Å²) in [5.74, 6) is -0.564. The van der Waals surface area contributed by atoms with Crippen molar-refractivity contribution in [1.29, 1.82) is 0 Å². The van der Waals surface area contributed by atoms with E-state index in [1.807, 2.05) is 13.8 Å². The molecule has 122 valence electrons. The summed E-state index contributed by atoms with van der Waals surface area (Å²) in [5, 5.41) is 7.74. The molecule has 1 amide bonds. The molecule has 1 aromatic carbocycles. The van der Waals surface area contributed by atoms with Gasteiger partial charge in [0.15, 0.2) is 5.69 Å². The van der Waals surface area contributed by atoms with Crippen molar-refractivity contribution in [2.75, 3.05) is 13.1 Å². The van der Waals surface area contributed by atoms with Crippen LogP contribution in [0.15, 0.2) is 30.5 Å². The molecular formula is C16H19FN4O2. The maximum absolute atomic E-state index is 13.4. The summed E-state index contributed by atoms with van der Waals surface area (Å²) in [6, 6.07) is 5.92. The van der Waals surface area contributed by atoms with Crippen LogP contribution >= 0.6 is 0 Å². The minimum absolute atomic E-state index is 0.0325. The smallest absolute Gasteiger partial charge is 0.274 e. The molecule has 1 aromatic heterocycles. The predicted molar refractivity (Wildman–Crippen MR) is 81.8 cm³/mol. The van der Waals surface area contributed by atoms with Crippen LogP contribution in [-0.2, 0) is 4.74 Å². The fourth-order valence-corrected chi connectivity index (χ4v) is 2.77. The molecule has 7 heteroatoms. The quantitative estimate of drug-likeness (QED) is 0.850. The van der Waals surface area contributed by atoms with E-state index in [1.165, 1.54) is 23.0 Å². The molecule has 1 aliphatic heterocycles. The standard InChI is InChI=1S/C16H19FN4O2/c1-11-6-7-20(10-12(2)23-11)16(22)15-9-18-19-21(15)14-5-3-4-13(17)8-14/h3-5,8-9,11-12H,6-7,10H2,1-2H3/t11-,12+/m1/s1. The van der Waals surface area contributed by atoms with Gasteiger partial charge in [0.1, 0.15) is 5.82 Å². The van der Waals surface area contributed by atoms with Gasteiger partial charge in [-0.15, -0.1) is 5.10 Å². The molecule has 0 bridgehead atoms. The SMILES string of the molecule is C[C@@H]1CCN(C(=O)c2cnnn2-c2cccc(F)c2)C[C@H](C)O1. The number of ether oxygens (including phenoxy) is 1. The monoisotopic (exact) mass is 318 g/mol. The molecule has 6 nitrogen and oxygen atoms in total. The van der Waals surface area contributed by atoms with Gasteiger partial charge < -0.3 is 9.64 Å². The molecular weight excluding hydrogens is 299 g/mol. The molecule has 2 heterocycles. The minimum atomic E-state index is -0.387. The third-order valence-electron chi connectivity index (χ3n) is 3.86. The number of carbonyl (C=O) groups excluding carboxylic acids is 1. The van der Waals surface area contributed by atoms with Gasteiger partial charge in [0.2, 0.25) is 0 Å². The Balaban J connectivity index is 1.87. The Labute approximate surface area is 133 Å². The van der Waals surface area contributed by atoms with Gasteiger partial charge in [-0.1, -0.05) is 11.3 Å². The fraction of sp³-hybridized carbons (Fsp3) is 0.438. The number of hydrogen-bond donors (Lipinski definition) is 0. The van der Waals surface area contributed by atoms with Gasteiger partial charge in [0.25, 0.3) is 5.91 Å². The third-order valence-corrected chi connectivity index (χ3v) is 3.86. The Bertz CT molecular complexity index is 703. The molecule has 0 spiro atoms. The van der Waals surface area contributed by atoms with E-state index in [0.29, 0.717) is 24.5 Å². The number of rotatable bonds is 2. The van der Waals surface area contributed by atoms with Crippen LogP contribution in [0.1, 0.15) is 30.8 Å². The highest BCUT2D eigenvalue weighted by Crippen LogP contribution is 2.16. The number of amides is 1. The van der Waals surface area contributed by atoms with Crippen molar-refractivity contribution in [3.63, 3.8) is 0 Å². The van der Waals surface area contributed by atoms with Crippen LogP contribution < -0.4 is 0 Å². The molecule has 3 rings (SSSR count). The number of halogens is 1. The van der Waals surface area contributed by atoms with Gasteiger partial charge in [-0.3, -0.25) is 4.79 Å². The second kappa shape index (κ2) is 6.45. The molecule has 1 saturated heterocycles. The van der Waals surface area contributed by atoms with Crippen LogP contribution in [-0.4, -0.2) is 51.1 Å². The lowest BCUT2D eigenvalue weighted by molar-refractivity contribution is 0.0140. The van der Waals surface area contributed by atoms with Crippen LogP contribution in [0.2, 0.25) is 0 Å². The van der Waals surface area contributed by atoms with E-state index in [1.54, 1.807) is 17.0 Å². The maximum Gasteiger partial charge on any atom is 0.274 e. The van der Waals surface area contributed by atoms with E-state index in [2.05, 4.69) is 10.3 Å². The van der Waals surface area contributed by atoms with E-state index in [9.17, 15) is 9.18 Å². The first kappa shape index (κ1) is 15.6. The van der Waals surface area contributed by atoms with Gasteiger partial charge in [-0.2, -0.15) is 0 Å². The van der Waals surface area contributed by atoms with E-state index < -0.39 is 0 Å². The maximum atomic E-state index is 13.4. The van der Waals surface area contributed by atoms with Crippen molar-refractivity contribution in [3.8, 4) is 5.69 Å². The summed E-state index contributed by atoms with van der Waals surface area (Å²) in [6.45, 7) is 5.07. The molecule has 0 N–H and O–H groups in total. The van der Waals surface area contributed by atoms with Gasteiger partial charge in [0.05, 0.1) is 24.1 Å². The Morgan fingerprint density at radius 1 is 1.35 bits per heavy atom. The first-order chi connectivity index (χ1) is 11.0. The Hall–Kier alpha value is -2.28. The summed E-state index contributed by atoms with van der Waals surface area (Å²) in [5.41, 5.74) is 0.788. The third kappa shape index (κ3) is 3.39. The van der Waals surface area contributed by atoms with Gasteiger partial charge >= 0.3 is 0 Å². The number of hydrogen-bond acceptors (Lipinski definition) is 4. The molecule has 2 aromatic rings. The van der Waals surface area contributed by atoms with Crippen LogP contribution in [0.25, 0.3) is 5.69 Å². The highest BCUT2D eigenvalue weighted by Gasteiger charge is 2.26. The van der Waals surface area contributed by atoms with Crippen LogP contribution in [0.4, 0.5) is 4.39 Å². The van der Waals surface area contributed by atoms with Crippen LogP contribution in [0.3, 0.4) is 0 Å². The zero-order valence-corrected chi connectivity index (χ0v) is 13.1. The van der Waals surface area contributed by atoms with Crippen molar-refractivity contribution in [2.24, 2.45) is 0 Å². The van der Waals surface area contributed by atoms with Gasteiger partial charge in [-0.25, -0.2) is 9.07 Å². The highest BCUT2D eigenvalue weighted by molar-refractivity contribution is 5.92. The number of aromatic nitrogens is 3. The molecule has 23 heavy (non-hydrogen) atoms. The summed E-state index contributed by atoms with van der Waals surface area (Å²) >= 11 is 0. The molecule has 0 unspecified atom stereocenters. The van der Waals surface area contributed by atoms with E-state index in [0.717, 1.165) is 6.42 Å². The van der Waals surface area contributed by atoms with Crippen molar-refractivity contribution in [2.45, 2.75) is 32.5 Å². The summed E-state index contributed by atoms with van der Waals surface area (Å²) in [7, 11) is 0. The minimum Gasteiger partial charge on any atom is -0.374 e. The van der Waals surface area contributed by atoms with Crippen molar-refractivity contribution < 1.29 is 13.9 Å². The van der Waals surface area contributed by atoms with Gasteiger partial charge in [0, 0.05) is 13.1 Å². The average molecular weight is 318 g/mol. The lowest BCUT2D eigenvalue weighted by Gasteiger charge is -2.22. The van der Waals surface area contributed by atoms with Crippen molar-refractivity contribution >= 4 is 5.91 Å². The second-order valence-corrected chi connectivity index (χ2v) is 5.81.